The first-order chi connectivity index (χ1) is 14.1. The largest absolute Gasteiger partial charge is 0.459 e. The van der Waals surface area contributed by atoms with E-state index in [-0.39, 0.29) is 17.6 Å². The molecule has 29 heavy (non-hydrogen) atoms. The Labute approximate surface area is 170 Å². The maximum absolute atomic E-state index is 12.5. The zero-order chi connectivity index (χ0) is 20.2. The van der Waals surface area contributed by atoms with Crippen LogP contribution in [0.2, 0.25) is 5.02 Å². The fourth-order valence-electron chi connectivity index (χ4n) is 2.62. The molecule has 4 rings (SSSR count). The third kappa shape index (κ3) is 4.36. The molecule has 7 nitrogen and oxygen atoms in total. The van der Waals surface area contributed by atoms with Gasteiger partial charge in [0.2, 0.25) is 0 Å². The molecule has 2 heterocycles. The van der Waals surface area contributed by atoms with Gasteiger partial charge in [0.25, 0.3) is 11.8 Å². The lowest BCUT2D eigenvalue weighted by Crippen LogP contribution is -2.12. The predicted molar refractivity (Wildman–Crippen MR) is 110 cm³/mol. The van der Waals surface area contributed by atoms with Crippen molar-refractivity contribution in [2.45, 2.75) is 0 Å². The topological polar surface area (TPSA) is 89.2 Å². The minimum absolute atomic E-state index is 0.222. The number of amides is 2. The number of furan rings is 1. The van der Waals surface area contributed by atoms with Crippen LogP contribution in [0.4, 0.5) is 11.4 Å². The quantitative estimate of drug-likeness (QED) is 0.506. The van der Waals surface area contributed by atoms with Crippen molar-refractivity contribution in [2.24, 2.45) is 0 Å². The molecule has 0 radical (unpaired) electrons. The first-order valence-corrected chi connectivity index (χ1v) is 9.03. The van der Waals surface area contributed by atoms with Crippen molar-refractivity contribution in [1.82, 2.24) is 9.78 Å². The summed E-state index contributed by atoms with van der Waals surface area (Å²) in [6, 6.07) is 17.1. The Morgan fingerprint density at radius 2 is 1.55 bits per heavy atom. The Kier molecular flexibility index (Phi) is 5.13. The van der Waals surface area contributed by atoms with Gasteiger partial charge >= 0.3 is 0 Å². The van der Waals surface area contributed by atoms with Crippen LogP contribution in [0.3, 0.4) is 0 Å². The molecule has 2 N–H and O–H groups in total. The lowest BCUT2D eigenvalue weighted by Gasteiger charge is -2.06. The van der Waals surface area contributed by atoms with Crippen molar-refractivity contribution in [1.29, 1.82) is 0 Å². The number of aromatic nitrogens is 2. The Morgan fingerprint density at radius 1 is 0.897 bits per heavy atom. The van der Waals surface area contributed by atoms with Gasteiger partial charge in [-0.15, -0.1) is 0 Å². The summed E-state index contributed by atoms with van der Waals surface area (Å²) in [6.45, 7) is 0. The fourth-order valence-corrected chi connectivity index (χ4v) is 2.74. The van der Waals surface area contributed by atoms with E-state index in [1.54, 1.807) is 59.4 Å². The van der Waals surface area contributed by atoms with E-state index in [1.807, 2.05) is 12.1 Å². The molecule has 0 unspecified atom stereocenters. The highest BCUT2D eigenvalue weighted by Gasteiger charge is 2.11. The Morgan fingerprint density at radius 3 is 2.17 bits per heavy atom. The number of carbonyl (C=O) groups excluding carboxylic acids is 2. The molecule has 0 bridgehead atoms. The van der Waals surface area contributed by atoms with Gasteiger partial charge in [0, 0.05) is 22.6 Å². The maximum atomic E-state index is 12.5. The molecule has 0 aliphatic rings. The van der Waals surface area contributed by atoms with E-state index in [0.29, 0.717) is 22.0 Å². The van der Waals surface area contributed by atoms with Crippen molar-refractivity contribution in [3.63, 3.8) is 0 Å². The van der Waals surface area contributed by atoms with Crippen LogP contribution in [-0.2, 0) is 0 Å². The molecule has 0 atom stereocenters. The molecular formula is C21H15ClN4O3. The summed E-state index contributed by atoms with van der Waals surface area (Å²) in [4.78, 5) is 24.4. The van der Waals surface area contributed by atoms with Crippen LogP contribution in [0, 0.1) is 0 Å². The highest BCUT2D eigenvalue weighted by atomic mass is 35.5. The maximum Gasteiger partial charge on any atom is 0.291 e. The minimum Gasteiger partial charge on any atom is -0.459 e. The molecule has 2 aromatic heterocycles. The van der Waals surface area contributed by atoms with Gasteiger partial charge in [-0.1, -0.05) is 11.6 Å². The number of hydrogen-bond acceptors (Lipinski definition) is 4. The van der Waals surface area contributed by atoms with Crippen LogP contribution in [0.1, 0.15) is 20.9 Å². The molecule has 8 heteroatoms. The number of halogens is 1. The highest BCUT2D eigenvalue weighted by Crippen LogP contribution is 2.17. The van der Waals surface area contributed by atoms with E-state index in [0.717, 1.165) is 5.69 Å². The molecule has 2 aromatic carbocycles. The van der Waals surface area contributed by atoms with Crippen molar-refractivity contribution >= 4 is 34.8 Å². The molecule has 0 spiro atoms. The summed E-state index contributed by atoms with van der Waals surface area (Å²) >= 11 is 5.89. The average Bonchev–Trinajstić information content (AvgIpc) is 3.42. The van der Waals surface area contributed by atoms with E-state index < -0.39 is 0 Å². The van der Waals surface area contributed by atoms with Crippen LogP contribution < -0.4 is 10.6 Å². The second-order valence-electron chi connectivity index (χ2n) is 6.11. The summed E-state index contributed by atoms with van der Waals surface area (Å²) in [5, 5.41) is 10.3. The molecule has 0 saturated heterocycles. The van der Waals surface area contributed by atoms with E-state index in [1.165, 1.54) is 12.5 Å². The minimum atomic E-state index is -0.346. The summed E-state index contributed by atoms with van der Waals surface area (Å²) in [6.07, 6.45) is 4.56. The van der Waals surface area contributed by atoms with Gasteiger partial charge in [-0.3, -0.25) is 9.59 Å². The third-order valence-electron chi connectivity index (χ3n) is 4.08. The number of hydrogen-bond donors (Lipinski definition) is 2. The van der Waals surface area contributed by atoms with Gasteiger partial charge in [-0.25, -0.2) is 4.68 Å². The Balaban J connectivity index is 1.39. The molecular weight excluding hydrogens is 392 g/mol. The molecule has 4 aromatic rings. The first kappa shape index (κ1) is 18.5. The van der Waals surface area contributed by atoms with Gasteiger partial charge < -0.3 is 15.1 Å². The highest BCUT2D eigenvalue weighted by molar-refractivity contribution is 6.30. The van der Waals surface area contributed by atoms with Crippen LogP contribution in [0.5, 0.6) is 0 Å². The van der Waals surface area contributed by atoms with Crippen molar-refractivity contribution in [3.8, 4) is 5.69 Å². The number of nitrogens with zero attached hydrogens (tertiary/aromatic N) is 2. The van der Waals surface area contributed by atoms with Crippen LogP contribution in [0.25, 0.3) is 5.69 Å². The molecule has 0 aliphatic heterocycles. The molecule has 0 fully saturated rings. The van der Waals surface area contributed by atoms with Crippen LogP contribution >= 0.6 is 11.6 Å². The number of anilines is 2. The van der Waals surface area contributed by atoms with Crippen molar-refractivity contribution < 1.29 is 14.0 Å². The normalized spacial score (nSPS) is 10.5. The van der Waals surface area contributed by atoms with Crippen LogP contribution in [0.15, 0.2) is 83.7 Å². The summed E-state index contributed by atoms with van der Waals surface area (Å²) in [5.74, 6) is -0.418. The van der Waals surface area contributed by atoms with Crippen LogP contribution in [-0.4, -0.2) is 21.6 Å². The van der Waals surface area contributed by atoms with Gasteiger partial charge in [-0.05, 0) is 60.7 Å². The van der Waals surface area contributed by atoms with Gasteiger partial charge in [0.15, 0.2) is 5.76 Å². The zero-order valence-electron chi connectivity index (χ0n) is 15.0. The second-order valence-corrected chi connectivity index (χ2v) is 6.55. The van der Waals surface area contributed by atoms with Gasteiger partial charge in [-0.2, -0.15) is 5.10 Å². The number of nitrogens with one attached hydrogen (secondary N) is 2. The number of benzene rings is 2. The lowest BCUT2D eigenvalue weighted by molar-refractivity contribution is 0.0994. The SMILES string of the molecule is O=C(Nc1ccc(NC(=O)c2ccco2)cc1)c1cnn(-c2ccc(Cl)cc2)c1. The second kappa shape index (κ2) is 8.04. The van der Waals surface area contributed by atoms with E-state index >= 15 is 0 Å². The predicted octanol–water partition coefficient (Wildman–Crippen LogP) is 4.62. The number of rotatable bonds is 5. The monoisotopic (exact) mass is 406 g/mol. The smallest absolute Gasteiger partial charge is 0.291 e. The first-order valence-electron chi connectivity index (χ1n) is 8.65. The zero-order valence-corrected chi connectivity index (χ0v) is 15.8. The molecule has 0 aliphatic carbocycles. The van der Waals surface area contributed by atoms with Gasteiger partial charge in [0.1, 0.15) is 0 Å². The summed E-state index contributed by atoms with van der Waals surface area (Å²) in [7, 11) is 0. The molecule has 144 valence electrons. The van der Waals surface area contributed by atoms with Crippen molar-refractivity contribution in [3.05, 3.63) is 95.7 Å². The van der Waals surface area contributed by atoms with E-state index in [4.69, 9.17) is 16.0 Å². The Bertz CT molecular complexity index is 1130. The molecule has 2 amide bonds. The number of carbonyl (C=O) groups is 2. The fraction of sp³-hybridized carbons (Fsp3) is 0. The Hall–Kier alpha value is -3.84. The van der Waals surface area contributed by atoms with Gasteiger partial charge in [0.05, 0.1) is 23.7 Å². The summed E-state index contributed by atoms with van der Waals surface area (Å²) < 4.78 is 6.64. The van der Waals surface area contributed by atoms with E-state index in [9.17, 15) is 9.59 Å². The standard InChI is InChI=1S/C21H15ClN4O3/c22-15-3-9-18(10-4-15)26-13-14(12-23-26)20(27)24-16-5-7-17(8-6-16)25-21(28)19-2-1-11-29-19/h1-13H,(H,24,27)(H,25,28). The van der Waals surface area contributed by atoms with Crippen molar-refractivity contribution in [2.75, 3.05) is 10.6 Å². The lowest BCUT2D eigenvalue weighted by atomic mass is 10.2. The third-order valence-corrected chi connectivity index (χ3v) is 4.33. The van der Waals surface area contributed by atoms with E-state index in [2.05, 4.69) is 15.7 Å². The molecule has 0 saturated carbocycles. The average molecular weight is 407 g/mol. The summed E-state index contributed by atoms with van der Waals surface area (Å²) in [5.41, 5.74) is 2.38.